The summed E-state index contributed by atoms with van der Waals surface area (Å²) in [6.07, 6.45) is 0. The average molecular weight is 289 g/mol. The van der Waals surface area contributed by atoms with E-state index in [1.807, 2.05) is 19.1 Å². The Hall–Kier alpha value is -2.27. The standard InChI is InChI=1S/C16H19NO4/c1-11-6-15(20-3)8-13(17-11)10-21-16-5-4-14(19-2)7-12(16)9-18/h4-8,18H,9-10H2,1-3H3. The van der Waals surface area contributed by atoms with E-state index in [0.29, 0.717) is 23.7 Å². The lowest BCUT2D eigenvalue weighted by Crippen LogP contribution is -2.02. The number of methoxy groups -OCH3 is 2. The molecule has 2 rings (SSSR count). The van der Waals surface area contributed by atoms with Gasteiger partial charge in [0.25, 0.3) is 0 Å². The van der Waals surface area contributed by atoms with Gasteiger partial charge in [-0.1, -0.05) is 0 Å². The van der Waals surface area contributed by atoms with Gasteiger partial charge in [0.05, 0.1) is 26.5 Å². The number of pyridine rings is 1. The lowest BCUT2D eigenvalue weighted by atomic mass is 10.2. The lowest BCUT2D eigenvalue weighted by Gasteiger charge is -2.12. The van der Waals surface area contributed by atoms with Crippen LogP contribution in [-0.4, -0.2) is 24.3 Å². The van der Waals surface area contributed by atoms with Crippen molar-refractivity contribution >= 4 is 0 Å². The van der Waals surface area contributed by atoms with Crippen molar-refractivity contribution in [3.63, 3.8) is 0 Å². The van der Waals surface area contributed by atoms with Crippen molar-refractivity contribution < 1.29 is 19.3 Å². The van der Waals surface area contributed by atoms with E-state index in [4.69, 9.17) is 14.2 Å². The molecule has 0 fully saturated rings. The van der Waals surface area contributed by atoms with Crippen molar-refractivity contribution in [2.24, 2.45) is 0 Å². The number of aryl methyl sites for hydroxylation is 1. The van der Waals surface area contributed by atoms with Gasteiger partial charge in [0.1, 0.15) is 23.9 Å². The summed E-state index contributed by atoms with van der Waals surface area (Å²) in [6, 6.07) is 9.00. The number of nitrogens with zero attached hydrogens (tertiary/aromatic N) is 1. The monoisotopic (exact) mass is 289 g/mol. The molecule has 0 aliphatic carbocycles. The summed E-state index contributed by atoms with van der Waals surface area (Å²) in [6.45, 7) is 2.09. The van der Waals surface area contributed by atoms with E-state index < -0.39 is 0 Å². The topological polar surface area (TPSA) is 60.8 Å². The third-order valence-electron chi connectivity index (χ3n) is 3.03. The minimum absolute atomic E-state index is 0.114. The zero-order valence-electron chi connectivity index (χ0n) is 12.4. The van der Waals surface area contributed by atoms with Crippen LogP contribution in [0.15, 0.2) is 30.3 Å². The van der Waals surface area contributed by atoms with Gasteiger partial charge in [-0.2, -0.15) is 0 Å². The van der Waals surface area contributed by atoms with Crippen molar-refractivity contribution in [3.05, 3.63) is 47.3 Å². The summed E-state index contributed by atoms with van der Waals surface area (Å²) in [4.78, 5) is 4.39. The molecule has 1 N–H and O–H groups in total. The Kier molecular flexibility index (Phi) is 5.00. The van der Waals surface area contributed by atoms with Crippen molar-refractivity contribution in [1.29, 1.82) is 0 Å². The SMILES string of the molecule is COc1cc(C)nc(COc2ccc(OC)cc2CO)c1. The van der Waals surface area contributed by atoms with Crippen LogP contribution >= 0.6 is 0 Å². The van der Waals surface area contributed by atoms with Crippen LogP contribution in [0, 0.1) is 6.92 Å². The third-order valence-corrected chi connectivity index (χ3v) is 3.03. The Morgan fingerprint density at radius 3 is 2.48 bits per heavy atom. The van der Waals surface area contributed by atoms with Gasteiger partial charge in [0, 0.05) is 23.4 Å². The second-order valence-electron chi connectivity index (χ2n) is 4.56. The maximum atomic E-state index is 9.39. The summed E-state index contributed by atoms with van der Waals surface area (Å²) in [7, 11) is 3.20. The number of aliphatic hydroxyl groups excluding tert-OH is 1. The Morgan fingerprint density at radius 2 is 1.81 bits per heavy atom. The molecule has 5 nitrogen and oxygen atoms in total. The van der Waals surface area contributed by atoms with E-state index in [-0.39, 0.29) is 6.61 Å². The van der Waals surface area contributed by atoms with Crippen LogP contribution in [0.4, 0.5) is 0 Å². The van der Waals surface area contributed by atoms with Crippen LogP contribution in [0.3, 0.4) is 0 Å². The molecule has 0 radical (unpaired) electrons. The molecule has 0 saturated carbocycles. The molecule has 1 aromatic carbocycles. The summed E-state index contributed by atoms with van der Waals surface area (Å²) < 4.78 is 16.1. The zero-order chi connectivity index (χ0) is 15.2. The normalized spacial score (nSPS) is 10.3. The molecule has 1 aromatic heterocycles. The molecule has 21 heavy (non-hydrogen) atoms. The number of rotatable bonds is 6. The van der Waals surface area contributed by atoms with Crippen LogP contribution in [-0.2, 0) is 13.2 Å². The van der Waals surface area contributed by atoms with Crippen LogP contribution in [0.25, 0.3) is 0 Å². The molecule has 0 saturated heterocycles. The van der Waals surface area contributed by atoms with Gasteiger partial charge < -0.3 is 19.3 Å². The molecule has 0 spiro atoms. The third kappa shape index (κ3) is 3.86. The minimum Gasteiger partial charge on any atom is -0.497 e. The maximum absolute atomic E-state index is 9.39. The number of aromatic nitrogens is 1. The van der Waals surface area contributed by atoms with Gasteiger partial charge in [-0.25, -0.2) is 0 Å². The quantitative estimate of drug-likeness (QED) is 0.885. The fourth-order valence-electron chi connectivity index (χ4n) is 1.99. The van der Waals surface area contributed by atoms with Crippen LogP contribution < -0.4 is 14.2 Å². The Bertz CT molecular complexity index is 613. The maximum Gasteiger partial charge on any atom is 0.130 e. The highest BCUT2D eigenvalue weighted by molar-refractivity contribution is 5.40. The number of hydrogen-bond donors (Lipinski definition) is 1. The average Bonchev–Trinajstić information content (AvgIpc) is 2.52. The first-order valence-electron chi connectivity index (χ1n) is 6.58. The lowest BCUT2D eigenvalue weighted by molar-refractivity contribution is 0.256. The molecular weight excluding hydrogens is 270 g/mol. The molecule has 0 bridgehead atoms. The van der Waals surface area contributed by atoms with E-state index in [1.165, 1.54) is 0 Å². The van der Waals surface area contributed by atoms with Crippen molar-refractivity contribution in [3.8, 4) is 17.2 Å². The number of hydrogen-bond acceptors (Lipinski definition) is 5. The number of benzene rings is 1. The summed E-state index contributed by atoms with van der Waals surface area (Å²) >= 11 is 0. The van der Waals surface area contributed by atoms with E-state index in [0.717, 1.165) is 17.1 Å². The smallest absolute Gasteiger partial charge is 0.130 e. The molecule has 112 valence electrons. The van der Waals surface area contributed by atoms with Gasteiger partial charge >= 0.3 is 0 Å². The predicted octanol–water partition coefficient (Wildman–Crippen LogP) is 2.48. The molecule has 0 aliphatic heterocycles. The minimum atomic E-state index is -0.114. The molecule has 0 aliphatic rings. The van der Waals surface area contributed by atoms with E-state index in [1.54, 1.807) is 32.4 Å². The number of ether oxygens (including phenoxy) is 3. The highest BCUT2D eigenvalue weighted by atomic mass is 16.5. The van der Waals surface area contributed by atoms with Gasteiger partial charge in [0.2, 0.25) is 0 Å². The first kappa shape index (κ1) is 15.1. The first-order chi connectivity index (χ1) is 10.2. The highest BCUT2D eigenvalue weighted by Crippen LogP contribution is 2.25. The van der Waals surface area contributed by atoms with E-state index in [9.17, 15) is 5.11 Å². The van der Waals surface area contributed by atoms with Gasteiger partial charge in [0.15, 0.2) is 0 Å². The van der Waals surface area contributed by atoms with Crippen molar-refractivity contribution in [2.75, 3.05) is 14.2 Å². The summed E-state index contributed by atoms with van der Waals surface area (Å²) in [5.41, 5.74) is 2.31. The molecule has 0 amide bonds. The summed E-state index contributed by atoms with van der Waals surface area (Å²) in [5.74, 6) is 2.04. The van der Waals surface area contributed by atoms with Gasteiger partial charge in [-0.05, 0) is 25.1 Å². The Labute approximate surface area is 124 Å². The first-order valence-corrected chi connectivity index (χ1v) is 6.58. The van der Waals surface area contributed by atoms with Gasteiger partial charge in [-0.15, -0.1) is 0 Å². The van der Waals surface area contributed by atoms with Gasteiger partial charge in [-0.3, -0.25) is 4.98 Å². The Balaban J connectivity index is 2.14. The molecule has 0 unspecified atom stereocenters. The second-order valence-corrected chi connectivity index (χ2v) is 4.56. The molecule has 1 heterocycles. The molecule has 5 heteroatoms. The van der Waals surface area contributed by atoms with Crippen LogP contribution in [0.1, 0.15) is 17.0 Å². The van der Waals surface area contributed by atoms with Crippen molar-refractivity contribution in [2.45, 2.75) is 20.1 Å². The highest BCUT2D eigenvalue weighted by Gasteiger charge is 2.07. The Morgan fingerprint density at radius 1 is 1.05 bits per heavy atom. The fraction of sp³-hybridized carbons (Fsp3) is 0.312. The second kappa shape index (κ2) is 6.95. The predicted molar refractivity (Wildman–Crippen MR) is 78.8 cm³/mol. The molecular formula is C16H19NO4. The zero-order valence-corrected chi connectivity index (χ0v) is 12.4. The van der Waals surface area contributed by atoms with Crippen molar-refractivity contribution in [1.82, 2.24) is 4.98 Å². The fourth-order valence-corrected chi connectivity index (χ4v) is 1.99. The van der Waals surface area contributed by atoms with E-state index >= 15 is 0 Å². The van der Waals surface area contributed by atoms with E-state index in [2.05, 4.69) is 4.98 Å². The summed E-state index contributed by atoms with van der Waals surface area (Å²) in [5, 5.41) is 9.39. The molecule has 2 aromatic rings. The molecule has 0 atom stereocenters. The van der Waals surface area contributed by atoms with Crippen LogP contribution in [0.2, 0.25) is 0 Å². The van der Waals surface area contributed by atoms with Crippen LogP contribution in [0.5, 0.6) is 17.2 Å². The number of aliphatic hydroxyl groups is 1. The largest absolute Gasteiger partial charge is 0.497 e.